The summed E-state index contributed by atoms with van der Waals surface area (Å²) in [6.07, 6.45) is 5.97. The van der Waals surface area contributed by atoms with Crippen LogP contribution in [-0.2, 0) is 13.1 Å². The number of amides is 2. The number of carbonyl (C=O) groups excluding carboxylic acids is 2. The lowest BCUT2D eigenvalue weighted by Crippen LogP contribution is -2.42. The van der Waals surface area contributed by atoms with Gasteiger partial charge in [0.25, 0.3) is 11.8 Å². The molecule has 29 heavy (non-hydrogen) atoms. The van der Waals surface area contributed by atoms with E-state index in [2.05, 4.69) is 16.7 Å². The van der Waals surface area contributed by atoms with E-state index in [1.54, 1.807) is 12.1 Å². The van der Waals surface area contributed by atoms with Crippen LogP contribution in [0, 0.1) is 0 Å². The van der Waals surface area contributed by atoms with E-state index >= 15 is 0 Å². The van der Waals surface area contributed by atoms with Crippen LogP contribution in [0.1, 0.15) is 26.3 Å². The van der Waals surface area contributed by atoms with Gasteiger partial charge in [-0.25, -0.2) is 9.13 Å². The molecule has 5 heteroatoms. The van der Waals surface area contributed by atoms with E-state index in [0.717, 1.165) is 17.3 Å². The van der Waals surface area contributed by atoms with Gasteiger partial charge in [0, 0.05) is 16.5 Å². The largest absolute Gasteiger partial charge is 0.270 e. The summed E-state index contributed by atoms with van der Waals surface area (Å²) >= 11 is 0. The van der Waals surface area contributed by atoms with Crippen LogP contribution in [0.5, 0.6) is 0 Å². The molecule has 3 aromatic carbocycles. The molecule has 0 atom stereocenters. The van der Waals surface area contributed by atoms with Crippen molar-refractivity contribution in [1.82, 2.24) is 9.47 Å². The fourth-order valence-corrected chi connectivity index (χ4v) is 3.96. The molecular weight excluding hydrogens is 362 g/mol. The first-order chi connectivity index (χ1) is 14.2. The summed E-state index contributed by atoms with van der Waals surface area (Å²) in [6, 6.07) is 21.4. The van der Waals surface area contributed by atoms with Gasteiger partial charge >= 0.3 is 0 Å². The fourth-order valence-electron chi connectivity index (χ4n) is 3.96. The molecule has 0 spiro atoms. The van der Waals surface area contributed by atoms with Gasteiger partial charge in [0.2, 0.25) is 6.33 Å². The maximum absolute atomic E-state index is 13.0. The number of nitrogens with zero attached hydrogens (tertiary/aromatic N) is 3. The summed E-state index contributed by atoms with van der Waals surface area (Å²) in [5.41, 5.74) is 2.43. The van der Waals surface area contributed by atoms with Gasteiger partial charge in [-0.05, 0) is 23.1 Å². The van der Waals surface area contributed by atoms with E-state index in [1.165, 1.54) is 10.5 Å². The Morgan fingerprint density at radius 1 is 0.759 bits per heavy atom. The molecule has 0 saturated carbocycles. The molecule has 1 aliphatic rings. The Balaban J connectivity index is 1.34. The number of benzene rings is 3. The van der Waals surface area contributed by atoms with Crippen molar-refractivity contribution in [2.75, 3.05) is 6.54 Å². The lowest BCUT2D eigenvalue weighted by atomic mass is 9.94. The van der Waals surface area contributed by atoms with Crippen LogP contribution in [0.25, 0.3) is 10.8 Å². The number of aromatic nitrogens is 2. The van der Waals surface area contributed by atoms with Gasteiger partial charge in [-0.1, -0.05) is 54.6 Å². The quantitative estimate of drug-likeness (QED) is 0.393. The highest BCUT2D eigenvalue weighted by Gasteiger charge is 2.32. The Morgan fingerprint density at radius 3 is 2.14 bits per heavy atom. The number of hydrogen-bond donors (Lipinski definition) is 0. The summed E-state index contributed by atoms with van der Waals surface area (Å²) < 4.78 is 4.09. The van der Waals surface area contributed by atoms with Gasteiger partial charge < -0.3 is 0 Å². The molecule has 142 valence electrons. The van der Waals surface area contributed by atoms with E-state index in [4.69, 9.17) is 0 Å². The van der Waals surface area contributed by atoms with Crippen molar-refractivity contribution in [3.63, 3.8) is 0 Å². The second kappa shape index (κ2) is 7.02. The van der Waals surface area contributed by atoms with Gasteiger partial charge in [0.1, 0.15) is 25.5 Å². The van der Waals surface area contributed by atoms with Crippen LogP contribution in [0.2, 0.25) is 0 Å². The minimum absolute atomic E-state index is 0.219. The van der Waals surface area contributed by atoms with Gasteiger partial charge in [-0.3, -0.25) is 14.5 Å². The third-order valence-electron chi connectivity index (χ3n) is 5.39. The van der Waals surface area contributed by atoms with Crippen molar-refractivity contribution in [2.45, 2.75) is 13.1 Å². The van der Waals surface area contributed by atoms with E-state index in [-0.39, 0.29) is 11.8 Å². The maximum atomic E-state index is 13.0. The second-order valence-corrected chi connectivity index (χ2v) is 7.28. The maximum Gasteiger partial charge on any atom is 0.261 e. The van der Waals surface area contributed by atoms with Crippen LogP contribution >= 0.6 is 0 Å². The van der Waals surface area contributed by atoms with Crippen molar-refractivity contribution >= 4 is 22.6 Å². The van der Waals surface area contributed by atoms with Gasteiger partial charge in [-0.15, -0.1) is 0 Å². The predicted octanol–water partition coefficient (Wildman–Crippen LogP) is 3.27. The first-order valence-corrected chi connectivity index (χ1v) is 9.67. The smallest absolute Gasteiger partial charge is 0.261 e. The molecule has 0 saturated heterocycles. The molecule has 0 radical (unpaired) electrons. The van der Waals surface area contributed by atoms with Crippen molar-refractivity contribution < 1.29 is 14.2 Å². The van der Waals surface area contributed by atoms with Crippen LogP contribution in [0.15, 0.2) is 85.5 Å². The molecular formula is C24H20N3O2+. The first-order valence-electron chi connectivity index (χ1n) is 9.67. The summed E-state index contributed by atoms with van der Waals surface area (Å²) in [7, 11) is 0. The van der Waals surface area contributed by atoms with Crippen molar-refractivity contribution in [3.05, 3.63) is 102 Å². The van der Waals surface area contributed by atoms with Gasteiger partial charge in [-0.2, -0.15) is 0 Å². The SMILES string of the molecule is O=C1c2cccc3cccc(c23)C(=O)N1CCn1cc[n+](Cc2ccccc2)c1. The van der Waals surface area contributed by atoms with Crippen LogP contribution in [0.4, 0.5) is 0 Å². The topological polar surface area (TPSA) is 46.2 Å². The summed E-state index contributed by atoms with van der Waals surface area (Å²) in [4.78, 5) is 27.3. The Labute approximate surface area is 168 Å². The summed E-state index contributed by atoms with van der Waals surface area (Å²) in [5.74, 6) is -0.438. The molecule has 0 aliphatic carbocycles. The molecule has 5 nitrogen and oxygen atoms in total. The molecule has 2 heterocycles. The minimum Gasteiger partial charge on any atom is -0.270 e. The predicted molar refractivity (Wildman–Crippen MR) is 109 cm³/mol. The normalized spacial score (nSPS) is 13.3. The van der Waals surface area contributed by atoms with Crippen molar-refractivity contribution in [3.8, 4) is 0 Å². The third-order valence-corrected chi connectivity index (χ3v) is 5.39. The highest BCUT2D eigenvalue weighted by atomic mass is 16.2. The zero-order chi connectivity index (χ0) is 19.8. The third kappa shape index (κ3) is 3.10. The fraction of sp³-hybridized carbons (Fsp3) is 0.125. The molecule has 0 N–H and O–H groups in total. The van der Waals surface area contributed by atoms with E-state index in [0.29, 0.717) is 24.2 Å². The van der Waals surface area contributed by atoms with E-state index in [9.17, 15) is 9.59 Å². The molecule has 0 bridgehead atoms. The molecule has 5 rings (SSSR count). The molecule has 0 fully saturated rings. The van der Waals surface area contributed by atoms with Gasteiger partial charge in [0.05, 0.1) is 6.54 Å². The Bertz CT molecular complexity index is 1180. The Morgan fingerprint density at radius 2 is 1.45 bits per heavy atom. The van der Waals surface area contributed by atoms with Crippen LogP contribution in [0.3, 0.4) is 0 Å². The molecule has 4 aromatic rings. The first kappa shape index (κ1) is 17.4. The molecule has 2 amide bonds. The van der Waals surface area contributed by atoms with Crippen molar-refractivity contribution in [2.24, 2.45) is 0 Å². The Hall–Kier alpha value is -3.73. The average Bonchev–Trinajstić information content (AvgIpc) is 3.20. The zero-order valence-corrected chi connectivity index (χ0v) is 15.9. The summed E-state index contributed by atoms with van der Waals surface area (Å²) in [5, 5.41) is 1.69. The van der Waals surface area contributed by atoms with Crippen LogP contribution < -0.4 is 4.57 Å². The summed E-state index contributed by atoms with van der Waals surface area (Å²) in [6.45, 7) is 1.67. The Kier molecular flexibility index (Phi) is 4.21. The minimum atomic E-state index is -0.219. The number of carbonyl (C=O) groups is 2. The molecule has 1 aromatic heterocycles. The number of imidazole rings is 1. The highest BCUT2D eigenvalue weighted by molar-refractivity contribution is 6.25. The highest BCUT2D eigenvalue weighted by Crippen LogP contribution is 2.29. The second-order valence-electron chi connectivity index (χ2n) is 7.28. The van der Waals surface area contributed by atoms with Crippen molar-refractivity contribution in [1.29, 1.82) is 0 Å². The average molecular weight is 382 g/mol. The standard InChI is InChI=1S/C24H20N3O2/c28-23-20-10-4-8-19-9-5-11-21(22(19)20)24(29)27(23)15-14-25-12-13-26(17-25)16-18-6-2-1-3-7-18/h1-13,17H,14-16H2/q+1. The van der Waals surface area contributed by atoms with Crippen LogP contribution in [-0.4, -0.2) is 27.8 Å². The molecule has 0 unspecified atom stereocenters. The molecule has 1 aliphatic heterocycles. The number of hydrogen-bond acceptors (Lipinski definition) is 2. The van der Waals surface area contributed by atoms with E-state index < -0.39 is 0 Å². The monoisotopic (exact) mass is 382 g/mol. The zero-order valence-electron chi connectivity index (χ0n) is 15.9. The lowest BCUT2D eigenvalue weighted by Gasteiger charge is -2.26. The van der Waals surface area contributed by atoms with E-state index in [1.807, 2.05) is 65.8 Å². The van der Waals surface area contributed by atoms with Gasteiger partial charge in [0.15, 0.2) is 0 Å². The number of rotatable bonds is 5. The number of imide groups is 1. The lowest BCUT2D eigenvalue weighted by molar-refractivity contribution is -0.687.